The molecule has 0 aromatic heterocycles. The second-order valence-corrected chi connectivity index (χ2v) is 9.81. The number of morpholine rings is 1. The van der Waals surface area contributed by atoms with E-state index in [4.69, 9.17) is 14.2 Å². The number of amides is 1. The second-order valence-electron chi connectivity index (χ2n) is 9.81. The van der Waals surface area contributed by atoms with Crippen LogP contribution in [0.4, 0.5) is 0 Å². The van der Waals surface area contributed by atoms with Gasteiger partial charge in [-0.15, -0.1) is 0 Å². The summed E-state index contributed by atoms with van der Waals surface area (Å²) in [7, 11) is 0. The molecule has 40 heavy (non-hydrogen) atoms. The average Bonchev–Trinajstić information content (AvgIpc) is 3.25. The highest BCUT2D eigenvalue weighted by molar-refractivity contribution is 6.46. The lowest BCUT2D eigenvalue weighted by atomic mass is 9.95. The van der Waals surface area contributed by atoms with Gasteiger partial charge in [-0.1, -0.05) is 37.3 Å². The number of hydrogen-bond acceptors (Lipinski definition) is 7. The molecule has 5 rings (SSSR count). The third-order valence-electron chi connectivity index (χ3n) is 7.05. The predicted molar refractivity (Wildman–Crippen MR) is 151 cm³/mol. The van der Waals surface area contributed by atoms with E-state index in [9.17, 15) is 14.7 Å². The number of likely N-dealkylation sites (tertiary alicyclic amines) is 1. The van der Waals surface area contributed by atoms with Gasteiger partial charge in [-0.2, -0.15) is 0 Å². The number of carbonyl (C=O) groups is 2. The summed E-state index contributed by atoms with van der Waals surface area (Å²) in [5.74, 6) is 0.369. The standard InChI is InChI=1S/C32H34N2O6/c1-2-19-39-25-13-11-23(12-14-25)30(35)28-29(24-7-6-10-27(22-24)40-26-8-4-3-5-9-26)34(32(37)31(28)36)16-15-33-17-20-38-21-18-33/h3-14,22,29,35H,2,15-21H2,1H3/b30-28+. The van der Waals surface area contributed by atoms with Crippen LogP contribution in [0.15, 0.2) is 84.4 Å². The monoisotopic (exact) mass is 542 g/mol. The van der Waals surface area contributed by atoms with Crippen molar-refractivity contribution < 1.29 is 28.9 Å². The number of aliphatic hydroxyl groups excluding tert-OH is 1. The molecule has 0 bridgehead atoms. The molecule has 2 heterocycles. The maximum absolute atomic E-state index is 13.5. The van der Waals surface area contributed by atoms with Crippen LogP contribution in [-0.2, 0) is 14.3 Å². The quantitative estimate of drug-likeness (QED) is 0.219. The SMILES string of the molecule is CCCOc1ccc(/C(O)=C2\C(=O)C(=O)N(CCN3CCOCC3)C2c2cccc(Oc3ccccc3)c2)cc1. The molecule has 2 aliphatic rings. The molecule has 2 saturated heterocycles. The Hall–Kier alpha value is -4.14. The Morgan fingerprint density at radius 2 is 1.62 bits per heavy atom. The summed E-state index contributed by atoms with van der Waals surface area (Å²) in [6, 6.07) is 22.9. The zero-order chi connectivity index (χ0) is 27.9. The van der Waals surface area contributed by atoms with Crippen molar-refractivity contribution in [3.63, 3.8) is 0 Å². The number of ketones is 1. The third-order valence-corrected chi connectivity index (χ3v) is 7.05. The topological polar surface area (TPSA) is 88.5 Å². The van der Waals surface area contributed by atoms with E-state index in [1.54, 1.807) is 29.2 Å². The lowest BCUT2D eigenvalue weighted by Crippen LogP contribution is -2.42. The number of hydrogen-bond donors (Lipinski definition) is 1. The maximum atomic E-state index is 13.5. The normalized spacial score (nSPS) is 19.1. The lowest BCUT2D eigenvalue weighted by molar-refractivity contribution is -0.140. The highest BCUT2D eigenvalue weighted by atomic mass is 16.5. The van der Waals surface area contributed by atoms with Crippen molar-refractivity contribution in [1.82, 2.24) is 9.80 Å². The summed E-state index contributed by atoms with van der Waals surface area (Å²) in [4.78, 5) is 30.6. The summed E-state index contributed by atoms with van der Waals surface area (Å²) >= 11 is 0. The minimum Gasteiger partial charge on any atom is -0.507 e. The van der Waals surface area contributed by atoms with Crippen molar-refractivity contribution in [2.45, 2.75) is 19.4 Å². The van der Waals surface area contributed by atoms with Gasteiger partial charge in [0.25, 0.3) is 11.7 Å². The molecule has 0 saturated carbocycles. The first-order valence-corrected chi connectivity index (χ1v) is 13.7. The zero-order valence-electron chi connectivity index (χ0n) is 22.6. The molecule has 1 unspecified atom stereocenters. The van der Waals surface area contributed by atoms with Gasteiger partial charge < -0.3 is 24.2 Å². The van der Waals surface area contributed by atoms with Gasteiger partial charge in [0.15, 0.2) is 0 Å². The number of benzene rings is 3. The highest BCUT2D eigenvalue weighted by Gasteiger charge is 2.46. The van der Waals surface area contributed by atoms with Crippen LogP contribution in [-0.4, -0.2) is 72.6 Å². The largest absolute Gasteiger partial charge is 0.507 e. The first-order valence-electron chi connectivity index (χ1n) is 13.7. The number of nitrogens with zero attached hydrogens (tertiary/aromatic N) is 2. The number of aliphatic hydroxyl groups is 1. The molecule has 1 atom stereocenters. The number of Topliss-reactive ketones (excluding diaryl/α,β-unsaturated/α-hetero) is 1. The Bertz CT molecular complexity index is 1350. The first kappa shape index (κ1) is 27.4. The van der Waals surface area contributed by atoms with E-state index in [2.05, 4.69) is 4.90 Å². The zero-order valence-corrected chi connectivity index (χ0v) is 22.6. The second kappa shape index (κ2) is 12.8. The molecule has 8 nitrogen and oxygen atoms in total. The molecule has 3 aromatic rings. The first-order chi connectivity index (χ1) is 19.5. The van der Waals surface area contributed by atoms with Crippen molar-refractivity contribution in [3.05, 3.63) is 95.6 Å². The van der Waals surface area contributed by atoms with Gasteiger partial charge in [0, 0.05) is 31.7 Å². The molecule has 0 radical (unpaired) electrons. The number of carbonyl (C=O) groups excluding carboxylic acids is 2. The van der Waals surface area contributed by atoms with Crippen molar-refractivity contribution in [1.29, 1.82) is 0 Å². The molecule has 208 valence electrons. The van der Waals surface area contributed by atoms with Crippen LogP contribution >= 0.6 is 0 Å². The van der Waals surface area contributed by atoms with Crippen molar-refractivity contribution in [2.75, 3.05) is 46.0 Å². The Kier molecular flexibility index (Phi) is 8.78. The summed E-state index contributed by atoms with van der Waals surface area (Å²) in [5, 5.41) is 11.4. The third kappa shape index (κ3) is 6.19. The van der Waals surface area contributed by atoms with Gasteiger partial charge in [0.2, 0.25) is 0 Å². The van der Waals surface area contributed by atoms with Gasteiger partial charge in [-0.3, -0.25) is 14.5 Å². The highest BCUT2D eigenvalue weighted by Crippen LogP contribution is 2.40. The van der Waals surface area contributed by atoms with Crippen LogP contribution in [0.5, 0.6) is 17.2 Å². The van der Waals surface area contributed by atoms with E-state index in [1.807, 2.05) is 61.5 Å². The van der Waals surface area contributed by atoms with Gasteiger partial charge in [0.1, 0.15) is 23.0 Å². The van der Waals surface area contributed by atoms with Crippen molar-refractivity contribution in [3.8, 4) is 17.2 Å². The molecule has 1 N–H and O–H groups in total. The minimum absolute atomic E-state index is 0.0612. The van der Waals surface area contributed by atoms with Crippen LogP contribution in [0, 0.1) is 0 Å². The van der Waals surface area contributed by atoms with Crippen molar-refractivity contribution >= 4 is 17.4 Å². The number of ether oxygens (including phenoxy) is 3. The Balaban J connectivity index is 1.50. The smallest absolute Gasteiger partial charge is 0.295 e. The maximum Gasteiger partial charge on any atom is 0.295 e. The fraction of sp³-hybridized carbons (Fsp3) is 0.312. The van der Waals surface area contributed by atoms with Gasteiger partial charge in [-0.05, 0) is 60.5 Å². The van der Waals surface area contributed by atoms with E-state index in [0.717, 1.165) is 19.5 Å². The van der Waals surface area contributed by atoms with Crippen LogP contribution in [0.2, 0.25) is 0 Å². The summed E-state index contributed by atoms with van der Waals surface area (Å²) in [5.41, 5.74) is 1.18. The van der Waals surface area contributed by atoms with Crippen molar-refractivity contribution in [2.24, 2.45) is 0 Å². The lowest BCUT2D eigenvalue weighted by Gasteiger charge is -2.31. The molecule has 8 heteroatoms. The molecule has 0 aliphatic carbocycles. The summed E-state index contributed by atoms with van der Waals surface area (Å²) in [6.45, 7) is 6.34. The van der Waals surface area contributed by atoms with Crippen LogP contribution < -0.4 is 9.47 Å². The average molecular weight is 543 g/mol. The minimum atomic E-state index is -0.767. The molecular formula is C32H34N2O6. The van der Waals surface area contributed by atoms with E-state index in [1.165, 1.54) is 0 Å². The van der Waals surface area contributed by atoms with Gasteiger partial charge in [-0.25, -0.2) is 0 Å². The van der Waals surface area contributed by atoms with E-state index in [0.29, 0.717) is 61.3 Å². The Morgan fingerprint density at radius 3 is 2.35 bits per heavy atom. The van der Waals surface area contributed by atoms with Gasteiger partial charge in [0.05, 0.1) is 31.4 Å². The van der Waals surface area contributed by atoms with Gasteiger partial charge >= 0.3 is 0 Å². The van der Waals surface area contributed by atoms with E-state index >= 15 is 0 Å². The van der Waals surface area contributed by atoms with Crippen LogP contribution in [0.1, 0.15) is 30.5 Å². The number of para-hydroxylation sites is 1. The van der Waals surface area contributed by atoms with Crippen LogP contribution in [0.3, 0.4) is 0 Å². The molecule has 1 amide bonds. The summed E-state index contributed by atoms with van der Waals surface area (Å²) in [6.07, 6.45) is 0.878. The number of rotatable bonds is 10. The fourth-order valence-corrected chi connectivity index (χ4v) is 4.99. The fourth-order valence-electron chi connectivity index (χ4n) is 4.99. The van der Waals surface area contributed by atoms with E-state index in [-0.39, 0.29) is 11.3 Å². The molecule has 2 fully saturated rings. The molecule has 2 aliphatic heterocycles. The van der Waals surface area contributed by atoms with Crippen LogP contribution in [0.25, 0.3) is 5.76 Å². The molecule has 0 spiro atoms. The van der Waals surface area contributed by atoms with E-state index < -0.39 is 17.7 Å². The molecular weight excluding hydrogens is 508 g/mol. The Labute approximate surface area is 234 Å². The molecule has 3 aromatic carbocycles. The summed E-state index contributed by atoms with van der Waals surface area (Å²) < 4.78 is 17.2. The Morgan fingerprint density at radius 1 is 0.900 bits per heavy atom. The predicted octanol–water partition coefficient (Wildman–Crippen LogP) is 5.02.